The van der Waals surface area contributed by atoms with Crippen molar-refractivity contribution in [3.63, 3.8) is 0 Å². The summed E-state index contributed by atoms with van der Waals surface area (Å²) in [5.74, 6) is -1.13. The van der Waals surface area contributed by atoms with Crippen LogP contribution in [0.2, 0.25) is 5.02 Å². The maximum atomic E-state index is 13.4. The minimum Gasteiger partial charge on any atom is -0.310 e. The van der Waals surface area contributed by atoms with Crippen molar-refractivity contribution in [1.82, 2.24) is 5.32 Å². The third-order valence-electron chi connectivity index (χ3n) is 3.31. The molecule has 1 atom stereocenters. The molecule has 21 heavy (non-hydrogen) atoms. The second kappa shape index (κ2) is 7.53. The number of hydrogen-bond acceptors (Lipinski definition) is 1. The molecule has 0 spiro atoms. The lowest BCUT2D eigenvalue weighted by Gasteiger charge is -2.20. The van der Waals surface area contributed by atoms with Gasteiger partial charge in [0.15, 0.2) is 0 Å². The van der Waals surface area contributed by atoms with Crippen molar-refractivity contribution < 1.29 is 8.78 Å². The Balaban J connectivity index is 2.27. The fourth-order valence-electron chi connectivity index (χ4n) is 2.29. The van der Waals surface area contributed by atoms with E-state index in [1.54, 1.807) is 0 Å². The molecule has 0 amide bonds. The van der Waals surface area contributed by atoms with E-state index in [0.717, 1.165) is 24.6 Å². The minimum absolute atomic E-state index is 0.171. The second-order valence-electron chi connectivity index (χ2n) is 5.01. The van der Waals surface area contributed by atoms with Crippen LogP contribution >= 0.6 is 11.6 Å². The third kappa shape index (κ3) is 4.51. The molecular weight excluding hydrogens is 292 g/mol. The summed E-state index contributed by atoms with van der Waals surface area (Å²) in [6.45, 7) is 2.82. The van der Waals surface area contributed by atoms with Crippen LogP contribution in [0, 0.1) is 11.6 Å². The van der Waals surface area contributed by atoms with Gasteiger partial charge in [-0.15, -0.1) is 0 Å². The lowest BCUT2D eigenvalue weighted by atomic mass is 9.98. The first kappa shape index (κ1) is 15.9. The van der Waals surface area contributed by atoms with E-state index in [4.69, 9.17) is 11.6 Å². The Bertz CT molecular complexity index is 581. The van der Waals surface area contributed by atoms with E-state index in [0.29, 0.717) is 17.0 Å². The summed E-state index contributed by atoms with van der Waals surface area (Å²) in [5.41, 5.74) is 1.55. The van der Waals surface area contributed by atoms with Gasteiger partial charge in [0.1, 0.15) is 11.6 Å². The Hall–Kier alpha value is -1.45. The maximum absolute atomic E-state index is 13.4. The molecule has 0 radical (unpaired) electrons. The van der Waals surface area contributed by atoms with Crippen molar-refractivity contribution >= 4 is 11.6 Å². The number of nitrogens with one attached hydrogen (secondary N) is 1. The van der Waals surface area contributed by atoms with Crippen LogP contribution in [0.3, 0.4) is 0 Å². The van der Waals surface area contributed by atoms with Gasteiger partial charge in [0.2, 0.25) is 0 Å². The Morgan fingerprint density at radius 3 is 2.38 bits per heavy atom. The average Bonchev–Trinajstić information content (AvgIpc) is 2.44. The molecule has 0 saturated heterocycles. The molecule has 0 saturated carbocycles. The quantitative estimate of drug-likeness (QED) is 0.800. The average molecular weight is 310 g/mol. The maximum Gasteiger partial charge on any atom is 0.126 e. The molecule has 2 rings (SSSR count). The van der Waals surface area contributed by atoms with Gasteiger partial charge in [-0.3, -0.25) is 0 Å². The summed E-state index contributed by atoms with van der Waals surface area (Å²) in [4.78, 5) is 0. The van der Waals surface area contributed by atoms with Crippen LogP contribution < -0.4 is 5.32 Å². The van der Waals surface area contributed by atoms with Crippen molar-refractivity contribution in [1.29, 1.82) is 0 Å². The second-order valence-corrected chi connectivity index (χ2v) is 5.41. The number of halogens is 3. The molecule has 0 aliphatic rings. The highest BCUT2D eigenvalue weighted by atomic mass is 35.5. The molecule has 2 aromatic carbocycles. The molecular formula is C17H18ClF2N. The Kier molecular flexibility index (Phi) is 5.71. The Morgan fingerprint density at radius 1 is 1.10 bits per heavy atom. The fourth-order valence-corrected chi connectivity index (χ4v) is 2.50. The van der Waals surface area contributed by atoms with Crippen LogP contribution in [-0.4, -0.2) is 6.54 Å². The summed E-state index contributed by atoms with van der Waals surface area (Å²) in [5, 5.41) is 3.99. The molecule has 1 N–H and O–H groups in total. The van der Waals surface area contributed by atoms with E-state index in [9.17, 15) is 8.78 Å². The van der Waals surface area contributed by atoms with Gasteiger partial charge in [-0.05, 0) is 48.7 Å². The largest absolute Gasteiger partial charge is 0.310 e. The molecule has 1 unspecified atom stereocenters. The van der Waals surface area contributed by atoms with E-state index in [1.807, 2.05) is 31.2 Å². The van der Waals surface area contributed by atoms with E-state index in [2.05, 4.69) is 5.32 Å². The summed E-state index contributed by atoms with van der Waals surface area (Å²) >= 11 is 6.18. The molecule has 0 aliphatic heterocycles. The van der Waals surface area contributed by atoms with Gasteiger partial charge in [0, 0.05) is 17.1 Å². The van der Waals surface area contributed by atoms with Crippen molar-refractivity contribution in [2.75, 3.05) is 6.54 Å². The van der Waals surface area contributed by atoms with Crippen LogP contribution in [-0.2, 0) is 6.42 Å². The number of benzene rings is 2. The third-order valence-corrected chi connectivity index (χ3v) is 3.68. The lowest BCUT2D eigenvalue weighted by molar-refractivity contribution is 0.515. The highest BCUT2D eigenvalue weighted by molar-refractivity contribution is 6.31. The summed E-state index contributed by atoms with van der Waals surface area (Å²) in [7, 11) is 0. The predicted octanol–water partition coefficient (Wildman–Crippen LogP) is 4.90. The molecule has 112 valence electrons. The Labute approximate surface area is 128 Å². The zero-order valence-corrected chi connectivity index (χ0v) is 12.6. The molecule has 0 bridgehead atoms. The summed E-state index contributed by atoms with van der Waals surface area (Å²) in [6, 6.07) is 11.0. The first-order valence-electron chi connectivity index (χ1n) is 7.03. The zero-order valence-electron chi connectivity index (χ0n) is 11.9. The van der Waals surface area contributed by atoms with Crippen molar-refractivity contribution in [3.8, 4) is 0 Å². The molecule has 4 heteroatoms. The SMILES string of the molecule is CCCNC(Cc1ccccc1Cl)c1cc(F)cc(F)c1. The molecule has 0 fully saturated rings. The standard InChI is InChI=1S/C17H18ClF2N/c1-2-7-21-17(10-12-5-3-4-6-16(12)18)13-8-14(19)11-15(20)9-13/h3-6,8-9,11,17,21H,2,7,10H2,1H3. The van der Waals surface area contributed by atoms with Crippen molar-refractivity contribution in [2.24, 2.45) is 0 Å². The van der Waals surface area contributed by atoms with Crippen molar-refractivity contribution in [3.05, 3.63) is 70.2 Å². The zero-order chi connectivity index (χ0) is 15.2. The fraction of sp³-hybridized carbons (Fsp3) is 0.294. The van der Waals surface area contributed by atoms with Crippen LogP contribution in [0.4, 0.5) is 8.78 Å². The van der Waals surface area contributed by atoms with Gasteiger partial charge >= 0.3 is 0 Å². The molecule has 0 aromatic heterocycles. The van der Waals surface area contributed by atoms with E-state index in [-0.39, 0.29) is 6.04 Å². The van der Waals surface area contributed by atoms with Crippen LogP contribution in [0.25, 0.3) is 0 Å². The topological polar surface area (TPSA) is 12.0 Å². The van der Waals surface area contributed by atoms with Gasteiger partial charge in [-0.2, -0.15) is 0 Å². The summed E-state index contributed by atoms with van der Waals surface area (Å²) in [6.07, 6.45) is 1.53. The minimum atomic E-state index is -0.563. The molecule has 2 aromatic rings. The predicted molar refractivity (Wildman–Crippen MR) is 82.5 cm³/mol. The number of rotatable bonds is 6. The van der Waals surface area contributed by atoms with E-state index >= 15 is 0 Å². The normalized spacial score (nSPS) is 12.4. The molecule has 1 nitrogen and oxygen atoms in total. The van der Waals surface area contributed by atoms with Gasteiger partial charge in [0.05, 0.1) is 0 Å². The highest BCUT2D eigenvalue weighted by Gasteiger charge is 2.15. The van der Waals surface area contributed by atoms with Gasteiger partial charge in [0.25, 0.3) is 0 Å². The number of hydrogen-bond donors (Lipinski definition) is 1. The molecule has 0 aliphatic carbocycles. The van der Waals surface area contributed by atoms with Gasteiger partial charge in [-0.1, -0.05) is 36.7 Å². The lowest BCUT2D eigenvalue weighted by Crippen LogP contribution is -2.24. The molecule has 0 heterocycles. The monoisotopic (exact) mass is 309 g/mol. The van der Waals surface area contributed by atoms with Crippen molar-refractivity contribution in [2.45, 2.75) is 25.8 Å². The first-order valence-corrected chi connectivity index (χ1v) is 7.40. The van der Waals surface area contributed by atoms with Crippen LogP contribution in [0.15, 0.2) is 42.5 Å². The van der Waals surface area contributed by atoms with Gasteiger partial charge in [-0.25, -0.2) is 8.78 Å². The summed E-state index contributed by atoms with van der Waals surface area (Å²) < 4.78 is 26.9. The first-order chi connectivity index (χ1) is 10.1. The van der Waals surface area contributed by atoms with E-state index in [1.165, 1.54) is 12.1 Å². The van der Waals surface area contributed by atoms with Gasteiger partial charge < -0.3 is 5.32 Å². The van der Waals surface area contributed by atoms with Crippen LogP contribution in [0.1, 0.15) is 30.5 Å². The highest BCUT2D eigenvalue weighted by Crippen LogP contribution is 2.24. The van der Waals surface area contributed by atoms with Crippen LogP contribution in [0.5, 0.6) is 0 Å². The Morgan fingerprint density at radius 2 is 1.76 bits per heavy atom. The van der Waals surface area contributed by atoms with E-state index < -0.39 is 11.6 Å². The smallest absolute Gasteiger partial charge is 0.126 e.